The molecule has 1 aromatic carbocycles. The van der Waals surface area contributed by atoms with Gasteiger partial charge in [0.25, 0.3) is 0 Å². The molecule has 140 valence electrons. The number of rotatable bonds is 4. The highest BCUT2D eigenvalue weighted by atomic mass is 79.9. The molecule has 0 aliphatic carbocycles. The zero-order valence-corrected chi connectivity index (χ0v) is 17.1. The molecule has 0 radical (unpaired) electrons. The van der Waals surface area contributed by atoms with Gasteiger partial charge in [0, 0.05) is 55.0 Å². The van der Waals surface area contributed by atoms with E-state index >= 15 is 0 Å². The van der Waals surface area contributed by atoms with E-state index in [9.17, 15) is 0 Å². The largest absolute Gasteiger partial charge is 0.366 e. The van der Waals surface area contributed by atoms with Crippen molar-refractivity contribution in [3.8, 4) is 0 Å². The summed E-state index contributed by atoms with van der Waals surface area (Å²) >= 11 is 3.50. The van der Waals surface area contributed by atoms with Gasteiger partial charge in [-0.3, -0.25) is 9.30 Å². The lowest BCUT2D eigenvalue weighted by Gasteiger charge is -2.37. The topological polar surface area (TPSA) is 48.7 Å². The molecule has 2 bridgehead atoms. The van der Waals surface area contributed by atoms with Crippen LogP contribution < -0.4 is 10.2 Å². The minimum Gasteiger partial charge on any atom is -0.366 e. The van der Waals surface area contributed by atoms with Crippen molar-refractivity contribution in [3.05, 3.63) is 47.5 Å². The average Bonchev–Trinajstić information content (AvgIpc) is 3.40. The fourth-order valence-corrected chi connectivity index (χ4v) is 4.88. The molecule has 0 unspecified atom stereocenters. The molecule has 0 saturated carbocycles. The summed E-state index contributed by atoms with van der Waals surface area (Å²) in [7, 11) is 0. The first-order chi connectivity index (χ1) is 13.1. The van der Waals surface area contributed by atoms with Gasteiger partial charge in [-0.25, -0.2) is 9.97 Å². The summed E-state index contributed by atoms with van der Waals surface area (Å²) in [6, 6.07) is 10.7. The normalized spacial score (nSPS) is 22.3. The van der Waals surface area contributed by atoms with E-state index in [2.05, 4.69) is 79.1 Å². The van der Waals surface area contributed by atoms with E-state index in [0.717, 1.165) is 28.3 Å². The Morgan fingerprint density at radius 1 is 1.11 bits per heavy atom. The summed E-state index contributed by atoms with van der Waals surface area (Å²) in [5, 5.41) is 3.39. The second-order valence-corrected chi connectivity index (χ2v) is 8.52. The van der Waals surface area contributed by atoms with Crippen LogP contribution in [0.3, 0.4) is 0 Å². The van der Waals surface area contributed by atoms with Gasteiger partial charge in [0.1, 0.15) is 4.60 Å². The third kappa shape index (κ3) is 2.89. The van der Waals surface area contributed by atoms with Crippen LogP contribution in [0.2, 0.25) is 0 Å². The molecule has 0 amide bonds. The molecule has 0 spiro atoms. The number of anilines is 3. The molecule has 2 fully saturated rings. The Kier molecular flexibility index (Phi) is 4.09. The summed E-state index contributed by atoms with van der Waals surface area (Å²) in [6.07, 6.45) is 6.77. The standard InChI is InChI=1S/C20H23BrN6/c1-13(2)26-11-17-9-16(26)12-27(17)15-5-3-14(4-6-15)24-19-20-22-7-8-25(20)18(21)10-23-19/h3-8,10,13,16-17H,9,11-12H2,1-2H3,(H,23,24)/t16-,17-/m0/s1. The first-order valence-electron chi connectivity index (χ1n) is 9.47. The summed E-state index contributed by atoms with van der Waals surface area (Å²) in [5.74, 6) is 0.753. The van der Waals surface area contributed by atoms with Crippen molar-refractivity contribution in [2.75, 3.05) is 23.3 Å². The lowest BCUT2D eigenvalue weighted by atomic mass is 10.2. The lowest BCUT2D eigenvalue weighted by molar-refractivity contribution is 0.191. The highest BCUT2D eigenvalue weighted by Crippen LogP contribution is 2.36. The van der Waals surface area contributed by atoms with Gasteiger partial charge in [0.2, 0.25) is 0 Å². The Morgan fingerprint density at radius 3 is 2.63 bits per heavy atom. The maximum Gasteiger partial charge on any atom is 0.181 e. The molecule has 2 aliphatic heterocycles. The Balaban J connectivity index is 1.33. The Bertz CT molecular complexity index is 966. The number of likely N-dealkylation sites (tertiary alicyclic amines) is 1. The SMILES string of the molecule is CC(C)N1C[C@@H]2C[C@H]1CN2c1ccc(Nc2ncc(Br)n3ccnc23)cc1. The fraction of sp³-hybridized carbons (Fsp3) is 0.400. The van der Waals surface area contributed by atoms with E-state index in [-0.39, 0.29) is 0 Å². The molecule has 7 heteroatoms. The smallest absolute Gasteiger partial charge is 0.181 e. The van der Waals surface area contributed by atoms with Crippen LogP contribution in [0.15, 0.2) is 47.5 Å². The van der Waals surface area contributed by atoms with Crippen LogP contribution in [0.4, 0.5) is 17.2 Å². The van der Waals surface area contributed by atoms with Crippen LogP contribution in [0.1, 0.15) is 20.3 Å². The minimum atomic E-state index is 0.645. The molecule has 5 rings (SSSR count). The van der Waals surface area contributed by atoms with E-state index < -0.39 is 0 Å². The van der Waals surface area contributed by atoms with Gasteiger partial charge < -0.3 is 10.2 Å². The molecule has 6 nitrogen and oxygen atoms in total. The third-order valence-electron chi connectivity index (χ3n) is 5.79. The van der Waals surface area contributed by atoms with E-state index in [4.69, 9.17) is 0 Å². The predicted molar refractivity (Wildman–Crippen MR) is 112 cm³/mol. The first kappa shape index (κ1) is 17.0. The van der Waals surface area contributed by atoms with Crippen LogP contribution in [0.25, 0.3) is 5.65 Å². The molecular weight excluding hydrogens is 404 g/mol. The molecule has 2 atom stereocenters. The average molecular weight is 427 g/mol. The van der Waals surface area contributed by atoms with Crippen LogP contribution in [0.5, 0.6) is 0 Å². The van der Waals surface area contributed by atoms with Crippen molar-refractivity contribution in [2.45, 2.75) is 38.4 Å². The van der Waals surface area contributed by atoms with Crippen molar-refractivity contribution in [1.29, 1.82) is 0 Å². The van der Waals surface area contributed by atoms with Gasteiger partial charge in [-0.2, -0.15) is 0 Å². The number of nitrogens with one attached hydrogen (secondary N) is 1. The number of fused-ring (bicyclic) bond motifs is 3. The quantitative estimate of drug-likeness (QED) is 0.685. The van der Waals surface area contributed by atoms with Crippen LogP contribution >= 0.6 is 15.9 Å². The molecule has 2 saturated heterocycles. The number of imidazole rings is 1. The van der Waals surface area contributed by atoms with Crippen molar-refractivity contribution in [2.24, 2.45) is 0 Å². The number of piperazine rings is 1. The Hall–Kier alpha value is -2.12. The number of hydrogen-bond acceptors (Lipinski definition) is 5. The molecule has 2 aromatic heterocycles. The maximum absolute atomic E-state index is 4.47. The second kappa shape index (κ2) is 6.49. The van der Waals surface area contributed by atoms with E-state index in [0.29, 0.717) is 18.1 Å². The Labute approximate surface area is 167 Å². The van der Waals surface area contributed by atoms with Gasteiger partial charge in [-0.1, -0.05) is 0 Å². The van der Waals surface area contributed by atoms with Crippen LogP contribution in [-0.4, -0.2) is 50.5 Å². The second-order valence-electron chi connectivity index (χ2n) is 7.71. The maximum atomic E-state index is 4.47. The minimum absolute atomic E-state index is 0.645. The van der Waals surface area contributed by atoms with Crippen molar-refractivity contribution < 1.29 is 0 Å². The van der Waals surface area contributed by atoms with Crippen molar-refractivity contribution in [3.63, 3.8) is 0 Å². The zero-order valence-electron chi connectivity index (χ0n) is 15.5. The predicted octanol–water partition coefficient (Wildman–Crippen LogP) is 3.91. The van der Waals surface area contributed by atoms with E-state index in [1.165, 1.54) is 18.7 Å². The zero-order chi connectivity index (χ0) is 18.5. The van der Waals surface area contributed by atoms with E-state index in [1.807, 2.05) is 10.6 Å². The first-order valence-corrected chi connectivity index (χ1v) is 10.3. The van der Waals surface area contributed by atoms with Crippen molar-refractivity contribution in [1.82, 2.24) is 19.3 Å². The van der Waals surface area contributed by atoms with Crippen LogP contribution in [-0.2, 0) is 0 Å². The summed E-state index contributed by atoms with van der Waals surface area (Å²) < 4.78 is 2.85. The van der Waals surface area contributed by atoms with E-state index in [1.54, 1.807) is 12.4 Å². The summed E-state index contributed by atoms with van der Waals surface area (Å²) in [5.41, 5.74) is 3.14. The number of benzene rings is 1. The van der Waals surface area contributed by atoms with Crippen molar-refractivity contribution >= 4 is 38.8 Å². The Morgan fingerprint density at radius 2 is 1.93 bits per heavy atom. The monoisotopic (exact) mass is 426 g/mol. The van der Waals surface area contributed by atoms with Gasteiger partial charge in [-0.15, -0.1) is 0 Å². The molecule has 2 aliphatic rings. The van der Waals surface area contributed by atoms with Crippen LogP contribution in [0, 0.1) is 0 Å². The molecule has 4 heterocycles. The van der Waals surface area contributed by atoms with Gasteiger partial charge in [-0.05, 0) is 60.5 Å². The molecule has 1 N–H and O–H groups in total. The fourth-order valence-electron chi connectivity index (χ4n) is 4.50. The van der Waals surface area contributed by atoms with Gasteiger partial charge in [0.05, 0.1) is 6.20 Å². The molecule has 27 heavy (non-hydrogen) atoms. The lowest BCUT2D eigenvalue weighted by Crippen LogP contribution is -2.48. The molecular formula is C20H23BrN6. The highest BCUT2D eigenvalue weighted by molar-refractivity contribution is 9.10. The number of nitrogens with zero attached hydrogens (tertiary/aromatic N) is 5. The number of halogens is 1. The third-order valence-corrected chi connectivity index (χ3v) is 6.38. The summed E-state index contributed by atoms with van der Waals surface area (Å²) in [4.78, 5) is 14.1. The summed E-state index contributed by atoms with van der Waals surface area (Å²) in [6.45, 7) is 6.93. The van der Waals surface area contributed by atoms with Gasteiger partial charge >= 0.3 is 0 Å². The molecule has 3 aromatic rings. The highest BCUT2D eigenvalue weighted by Gasteiger charge is 2.43. The van der Waals surface area contributed by atoms with Gasteiger partial charge in [0.15, 0.2) is 11.5 Å². The number of aromatic nitrogens is 3. The number of hydrogen-bond donors (Lipinski definition) is 1.